The zero-order valence-corrected chi connectivity index (χ0v) is 19.1. The van der Waals surface area contributed by atoms with E-state index < -0.39 is 0 Å². The third-order valence-corrected chi connectivity index (χ3v) is 5.44. The number of hydrogen-bond donors (Lipinski definition) is 2. The van der Waals surface area contributed by atoms with Crippen LogP contribution in [0, 0.1) is 0 Å². The van der Waals surface area contributed by atoms with Gasteiger partial charge in [0.1, 0.15) is 5.75 Å². The SMILES string of the molecule is CCOc1ccc(Br)cc1C(=O)NC(=S)Nc1ccc(C(=O)N2CCCCC2)cc1. The van der Waals surface area contributed by atoms with Crippen LogP contribution in [0.15, 0.2) is 46.9 Å². The number of hydrogen-bond acceptors (Lipinski definition) is 4. The van der Waals surface area contributed by atoms with Crippen molar-refractivity contribution in [2.24, 2.45) is 0 Å². The molecule has 0 aliphatic carbocycles. The number of amides is 2. The van der Waals surface area contributed by atoms with Crippen LogP contribution in [0.1, 0.15) is 46.9 Å². The van der Waals surface area contributed by atoms with Crippen molar-refractivity contribution in [3.05, 3.63) is 58.1 Å². The molecule has 2 N–H and O–H groups in total. The molecule has 0 bridgehead atoms. The molecule has 1 aliphatic heterocycles. The minimum Gasteiger partial charge on any atom is -0.493 e. The van der Waals surface area contributed by atoms with Crippen molar-refractivity contribution < 1.29 is 14.3 Å². The largest absolute Gasteiger partial charge is 0.493 e. The average molecular weight is 490 g/mol. The molecule has 30 heavy (non-hydrogen) atoms. The Bertz CT molecular complexity index is 928. The van der Waals surface area contributed by atoms with Gasteiger partial charge in [-0.3, -0.25) is 14.9 Å². The number of anilines is 1. The number of nitrogens with one attached hydrogen (secondary N) is 2. The van der Waals surface area contributed by atoms with Crippen molar-refractivity contribution in [3.8, 4) is 5.75 Å². The van der Waals surface area contributed by atoms with E-state index >= 15 is 0 Å². The molecule has 0 unspecified atom stereocenters. The van der Waals surface area contributed by atoms with E-state index in [0.717, 1.165) is 30.4 Å². The summed E-state index contributed by atoms with van der Waals surface area (Å²) in [6.07, 6.45) is 3.30. The lowest BCUT2D eigenvalue weighted by atomic mass is 10.1. The summed E-state index contributed by atoms with van der Waals surface area (Å²) in [6, 6.07) is 12.3. The highest BCUT2D eigenvalue weighted by Crippen LogP contribution is 2.23. The van der Waals surface area contributed by atoms with Crippen LogP contribution in [0.3, 0.4) is 0 Å². The van der Waals surface area contributed by atoms with Gasteiger partial charge in [-0.2, -0.15) is 0 Å². The molecule has 0 saturated carbocycles. The average Bonchev–Trinajstić information content (AvgIpc) is 2.75. The molecule has 2 amide bonds. The summed E-state index contributed by atoms with van der Waals surface area (Å²) < 4.78 is 6.28. The molecule has 158 valence electrons. The van der Waals surface area contributed by atoms with Gasteiger partial charge in [-0.1, -0.05) is 15.9 Å². The number of carbonyl (C=O) groups excluding carboxylic acids is 2. The first-order chi connectivity index (χ1) is 14.5. The first-order valence-electron chi connectivity index (χ1n) is 9.92. The highest BCUT2D eigenvalue weighted by atomic mass is 79.9. The molecule has 1 saturated heterocycles. The van der Waals surface area contributed by atoms with Crippen molar-refractivity contribution >= 4 is 50.8 Å². The molecule has 0 aromatic heterocycles. The quantitative estimate of drug-likeness (QED) is 0.600. The zero-order valence-electron chi connectivity index (χ0n) is 16.7. The van der Waals surface area contributed by atoms with Gasteiger partial charge in [0, 0.05) is 28.8 Å². The highest BCUT2D eigenvalue weighted by Gasteiger charge is 2.18. The lowest BCUT2D eigenvalue weighted by molar-refractivity contribution is 0.0724. The fourth-order valence-corrected chi connectivity index (χ4v) is 3.84. The Morgan fingerprint density at radius 3 is 2.47 bits per heavy atom. The molecule has 3 rings (SSSR count). The molecular weight excluding hydrogens is 466 g/mol. The summed E-state index contributed by atoms with van der Waals surface area (Å²) in [5.41, 5.74) is 1.72. The van der Waals surface area contributed by atoms with Crippen LogP contribution >= 0.6 is 28.1 Å². The lowest BCUT2D eigenvalue weighted by Gasteiger charge is -2.26. The Balaban J connectivity index is 1.60. The van der Waals surface area contributed by atoms with E-state index in [-0.39, 0.29) is 16.9 Å². The van der Waals surface area contributed by atoms with Crippen LogP contribution in [0.4, 0.5) is 5.69 Å². The third kappa shape index (κ3) is 5.79. The number of ether oxygens (including phenoxy) is 1. The zero-order chi connectivity index (χ0) is 21.5. The highest BCUT2D eigenvalue weighted by molar-refractivity contribution is 9.10. The minimum atomic E-state index is -0.367. The standard InChI is InChI=1S/C22H24BrN3O3S/c1-2-29-19-11-8-16(23)14-18(19)20(27)25-22(30)24-17-9-6-15(7-10-17)21(28)26-12-4-3-5-13-26/h6-11,14H,2-5,12-13H2,1H3,(H2,24,25,27,30). The molecular formula is C22H24BrN3O3S. The molecule has 1 aliphatic rings. The predicted octanol–water partition coefficient (Wildman–Crippen LogP) is 4.60. The minimum absolute atomic E-state index is 0.0511. The van der Waals surface area contributed by atoms with E-state index in [2.05, 4.69) is 26.6 Å². The normalized spacial score (nSPS) is 13.5. The Labute approximate surface area is 190 Å². The van der Waals surface area contributed by atoms with E-state index in [1.807, 2.05) is 17.9 Å². The fourth-order valence-electron chi connectivity index (χ4n) is 3.27. The van der Waals surface area contributed by atoms with Crippen LogP contribution in [0.25, 0.3) is 0 Å². The smallest absolute Gasteiger partial charge is 0.261 e. The summed E-state index contributed by atoms with van der Waals surface area (Å²) >= 11 is 8.64. The summed E-state index contributed by atoms with van der Waals surface area (Å²) in [6.45, 7) is 3.94. The summed E-state index contributed by atoms with van der Waals surface area (Å²) in [4.78, 5) is 27.1. The van der Waals surface area contributed by atoms with Gasteiger partial charge >= 0.3 is 0 Å². The topological polar surface area (TPSA) is 70.7 Å². The second-order valence-corrected chi connectivity index (χ2v) is 8.24. The number of halogens is 1. The second kappa shape index (κ2) is 10.5. The van der Waals surface area contributed by atoms with Gasteiger partial charge in [-0.25, -0.2) is 0 Å². The lowest BCUT2D eigenvalue weighted by Crippen LogP contribution is -2.35. The predicted molar refractivity (Wildman–Crippen MR) is 125 cm³/mol. The van der Waals surface area contributed by atoms with Crippen molar-refractivity contribution in [1.82, 2.24) is 10.2 Å². The van der Waals surface area contributed by atoms with Gasteiger partial charge < -0.3 is 15.0 Å². The number of likely N-dealkylation sites (tertiary alicyclic amines) is 1. The molecule has 0 radical (unpaired) electrons. The van der Waals surface area contributed by atoms with Crippen LogP contribution in [0.5, 0.6) is 5.75 Å². The van der Waals surface area contributed by atoms with Gasteiger partial charge in [-0.05, 0) is 80.9 Å². The van der Waals surface area contributed by atoms with Gasteiger partial charge in [0.05, 0.1) is 12.2 Å². The van der Waals surface area contributed by atoms with E-state index in [9.17, 15) is 9.59 Å². The first-order valence-corrected chi connectivity index (χ1v) is 11.1. The third-order valence-electron chi connectivity index (χ3n) is 4.75. The monoisotopic (exact) mass is 489 g/mol. The number of rotatable bonds is 5. The summed E-state index contributed by atoms with van der Waals surface area (Å²) in [7, 11) is 0. The molecule has 0 atom stereocenters. The fraction of sp³-hybridized carbons (Fsp3) is 0.318. The number of nitrogens with zero attached hydrogens (tertiary/aromatic N) is 1. The van der Waals surface area contributed by atoms with Crippen LogP contribution in [0.2, 0.25) is 0 Å². The van der Waals surface area contributed by atoms with Crippen LogP contribution in [-0.4, -0.2) is 41.5 Å². The summed E-state index contributed by atoms with van der Waals surface area (Å²) in [5, 5.41) is 5.81. The Kier molecular flexibility index (Phi) is 7.81. The van der Waals surface area contributed by atoms with Gasteiger partial charge in [0.15, 0.2) is 5.11 Å². The Morgan fingerprint density at radius 1 is 1.10 bits per heavy atom. The second-order valence-electron chi connectivity index (χ2n) is 6.91. The number of thiocarbonyl (C=S) groups is 1. The van der Waals surface area contributed by atoms with E-state index in [1.165, 1.54) is 6.42 Å². The van der Waals surface area contributed by atoms with Crippen molar-refractivity contribution in [1.29, 1.82) is 0 Å². The molecule has 2 aromatic rings. The molecule has 1 fully saturated rings. The van der Waals surface area contributed by atoms with Crippen LogP contribution in [-0.2, 0) is 0 Å². The Hall–Kier alpha value is -2.45. The van der Waals surface area contributed by atoms with E-state index in [1.54, 1.807) is 36.4 Å². The number of carbonyl (C=O) groups is 2. The first kappa shape index (κ1) is 22.2. The summed E-state index contributed by atoms with van der Waals surface area (Å²) in [5.74, 6) is 0.172. The number of benzene rings is 2. The molecule has 2 aromatic carbocycles. The maximum absolute atomic E-state index is 12.6. The molecule has 1 heterocycles. The van der Waals surface area contributed by atoms with Crippen molar-refractivity contribution in [3.63, 3.8) is 0 Å². The van der Waals surface area contributed by atoms with E-state index in [0.29, 0.717) is 29.2 Å². The molecule has 6 nitrogen and oxygen atoms in total. The molecule has 0 spiro atoms. The van der Waals surface area contributed by atoms with Crippen molar-refractivity contribution in [2.75, 3.05) is 25.0 Å². The molecule has 8 heteroatoms. The maximum atomic E-state index is 12.6. The number of piperidine rings is 1. The van der Waals surface area contributed by atoms with Crippen LogP contribution < -0.4 is 15.4 Å². The van der Waals surface area contributed by atoms with Gasteiger partial charge in [-0.15, -0.1) is 0 Å². The van der Waals surface area contributed by atoms with Gasteiger partial charge in [0.25, 0.3) is 11.8 Å². The van der Waals surface area contributed by atoms with Crippen molar-refractivity contribution in [2.45, 2.75) is 26.2 Å². The van der Waals surface area contributed by atoms with Gasteiger partial charge in [0.2, 0.25) is 0 Å². The van der Waals surface area contributed by atoms with E-state index in [4.69, 9.17) is 17.0 Å². The Morgan fingerprint density at radius 2 is 1.80 bits per heavy atom. The maximum Gasteiger partial charge on any atom is 0.261 e.